The molecule has 5 nitrogen and oxygen atoms in total. The van der Waals surface area contributed by atoms with Crippen LogP contribution in [0.2, 0.25) is 5.02 Å². The Labute approximate surface area is 128 Å². The highest BCUT2D eigenvalue weighted by atomic mass is 35.5. The van der Waals surface area contributed by atoms with E-state index in [0.717, 1.165) is 24.8 Å². The Morgan fingerprint density at radius 1 is 1.33 bits per heavy atom. The first-order valence-electron chi connectivity index (χ1n) is 7.09. The van der Waals surface area contributed by atoms with Gasteiger partial charge < -0.3 is 15.3 Å². The van der Waals surface area contributed by atoms with Gasteiger partial charge in [-0.25, -0.2) is 9.59 Å². The summed E-state index contributed by atoms with van der Waals surface area (Å²) in [6, 6.07) is 6.16. The van der Waals surface area contributed by atoms with E-state index >= 15 is 0 Å². The molecule has 2 amide bonds. The number of carboxylic acid groups (broad SMARTS) is 1. The first kappa shape index (κ1) is 15.6. The van der Waals surface area contributed by atoms with Gasteiger partial charge in [0.25, 0.3) is 0 Å². The molecule has 21 heavy (non-hydrogen) atoms. The summed E-state index contributed by atoms with van der Waals surface area (Å²) in [7, 11) is 0. The summed E-state index contributed by atoms with van der Waals surface area (Å²) in [6.45, 7) is 0.820. The lowest BCUT2D eigenvalue weighted by Crippen LogP contribution is -2.49. The zero-order valence-electron chi connectivity index (χ0n) is 11.7. The summed E-state index contributed by atoms with van der Waals surface area (Å²) in [4.78, 5) is 25.0. The highest BCUT2D eigenvalue weighted by Gasteiger charge is 2.30. The van der Waals surface area contributed by atoms with Crippen LogP contribution in [0, 0.1) is 0 Å². The maximum atomic E-state index is 12.2. The van der Waals surface area contributed by atoms with Crippen LogP contribution in [0.4, 0.5) is 4.79 Å². The predicted octanol–water partition coefficient (Wildman–Crippen LogP) is 2.88. The van der Waals surface area contributed by atoms with Crippen LogP contribution in [-0.4, -0.2) is 34.6 Å². The Bertz CT molecular complexity index is 521. The number of hydrogen-bond acceptors (Lipinski definition) is 2. The summed E-state index contributed by atoms with van der Waals surface area (Å²) in [5, 5.41) is 12.6. The number of hydrogen-bond donors (Lipinski definition) is 2. The van der Waals surface area contributed by atoms with Gasteiger partial charge in [0.2, 0.25) is 0 Å². The van der Waals surface area contributed by atoms with Crippen molar-refractivity contribution in [1.82, 2.24) is 10.2 Å². The lowest BCUT2D eigenvalue weighted by molar-refractivity contribution is -0.142. The molecule has 1 unspecified atom stereocenters. The van der Waals surface area contributed by atoms with E-state index in [2.05, 4.69) is 5.32 Å². The molecule has 1 saturated heterocycles. The van der Waals surface area contributed by atoms with Gasteiger partial charge in [0.05, 0.1) is 0 Å². The summed E-state index contributed by atoms with van der Waals surface area (Å²) in [5.41, 5.74) is 0.887. The molecular formula is C15H19ClN2O3. The van der Waals surface area contributed by atoms with Gasteiger partial charge in [0.15, 0.2) is 0 Å². The average molecular weight is 311 g/mol. The zero-order chi connectivity index (χ0) is 15.2. The normalized spacial score (nSPS) is 18.9. The minimum Gasteiger partial charge on any atom is -0.480 e. The first-order valence-corrected chi connectivity index (χ1v) is 7.47. The fourth-order valence-corrected chi connectivity index (χ4v) is 2.75. The average Bonchev–Trinajstić information content (AvgIpc) is 2.70. The van der Waals surface area contributed by atoms with Crippen molar-refractivity contribution < 1.29 is 14.7 Å². The molecule has 0 aliphatic carbocycles. The SMILES string of the molecule is O=C(O)C1CCCCCN1C(=O)NCc1cccc(Cl)c1. The van der Waals surface area contributed by atoms with E-state index in [1.54, 1.807) is 12.1 Å². The molecule has 0 bridgehead atoms. The molecule has 0 spiro atoms. The van der Waals surface area contributed by atoms with E-state index in [9.17, 15) is 14.7 Å². The topological polar surface area (TPSA) is 69.6 Å². The number of rotatable bonds is 3. The number of benzene rings is 1. The zero-order valence-corrected chi connectivity index (χ0v) is 12.5. The van der Waals surface area contributed by atoms with Gasteiger partial charge in [-0.2, -0.15) is 0 Å². The number of aliphatic carboxylic acids is 1. The molecule has 1 heterocycles. The van der Waals surface area contributed by atoms with E-state index in [1.807, 2.05) is 12.1 Å². The van der Waals surface area contributed by atoms with E-state index in [0.29, 0.717) is 24.5 Å². The van der Waals surface area contributed by atoms with Gasteiger partial charge in [-0.15, -0.1) is 0 Å². The van der Waals surface area contributed by atoms with Crippen molar-refractivity contribution in [3.8, 4) is 0 Å². The maximum absolute atomic E-state index is 12.2. The van der Waals surface area contributed by atoms with Crippen molar-refractivity contribution in [2.24, 2.45) is 0 Å². The molecule has 1 fully saturated rings. The van der Waals surface area contributed by atoms with Crippen molar-refractivity contribution in [2.45, 2.75) is 38.3 Å². The monoisotopic (exact) mass is 310 g/mol. The molecule has 0 aromatic heterocycles. The Morgan fingerprint density at radius 3 is 2.86 bits per heavy atom. The Balaban J connectivity index is 1.98. The molecule has 1 aromatic rings. The molecule has 1 aromatic carbocycles. The molecule has 1 atom stereocenters. The standard InChI is InChI=1S/C15H19ClN2O3/c16-12-6-4-5-11(9-12)10-17-15(21)18-8-3-1-2-7-13(18)14(19)20/h4-6,9,13H,1-3,7-8,10H2,(H,17,21)(H,19,20). The highest BCUT2D eigenvalue weighted by molar-refractivity contribution is 6.30. The third kappa shape index (κ3) is 4.36. The van der Waals surface area contributed by atoms with Crippen LogP contribution in [0.25, 0.3) is 0 Å². The predicted molar refractivity (Wildman–Crippen MR) is 80.3 cm³/mol. The third-order valence-electron chi connectivity index (χ3n) is 3.63. The maximum Gasteiger partial charge on any atom is 0.326 e. The number of urea groups is 1. The Hall–Kier alpha value is -1.75. The van der Waals surface area contributed by atoms with Crippen molar-refractivity contribution >= 4 is 23.6 Å². The number of carboxylic acids is 1. The molecule has 0 saturated carbocycles. The largest absolute Gasteiger partial charge is 0.480 e. The molecule has 1 aliphatic rings. The Kier molecular flexibility index (Phi) is 5.44. The van der Waals surface area contributed by atoms with Crippen molar-refractivity contribution in [1.29, 1.82) is 0 Å². The van der Waals surface area contributed by atoms with Crippen LogP contribution in [0.5, 0.6) is 0 Å². The summed E-state index contributed by atoms with van der Waals surface area (Å²) < 4.78 is 0. The van der Waals surface area contributed by atoms with Gasteiger partial charge in [-0.05, 0) is 30.5 Å². The number of carbonyl (C=O) groups is 2. The molecule has 1 aliphatic heterocycles. The second-order valence-electron chi connectivity index (χ2n) is 5.19. The minimum atomic E-state index is -0.935. The van der Waals surface area contributed by atoms with Gasteiger partial charge in [0, 0.05) is 18.1 Å². The van der Waals surface area contributed by atoms with Crippen LogP contribution < -0.4 is 5.32 Å². The number of nitrogens with one attached hydrogen (secondary N) is 1. The van der Waals surface area contributed by atoms with E-state index < -0.39 is 12.0 Å². The fourth-order valence-electron chi connectivity index (χ4n) is 2.53. The second kappa shape index (κ2) is 7.31. The van der Waals surface area contributed by atoms with Crippen LogP contribution in [-0.2, 0) is 11.3 Å². The minimum absolute atomic E-state index is 0.329. The lowest BCUT2D eigenvalue weighted by atomic mass is 10.1. The van der Waals surface area contributed by atoms with Crippen molar-refractivity contribution in [3.05, 3.63) is 34.9 Å². The fraction of sp³-hybridized carbons (Fsp3) is 0.467. The molecule has 6 heteroatoms. The van der Waals surface area contributed by atoms with E-state index in [4.69, 9.17) is 11.6 Å². The number of halogens is 1. The first-order chi connectivity index (χ1) is 10.1. The van der Waals surface area contributed by atoms with Gasteiger partial charge in [-0.1, -0.05) is 36.6 Å². The van der Waals surface area contributed by atoms with Crippen LogP contribution in [0.15, 0.2) is 24.3 Å². The van der Waals surface area contributed by atoms with Gasteiger partial charge in [-0.3, -0.25) is 0 Å². The summed E-state index contributed by atoms with van der Waals surface area (Å²) in [5.74, 6) is -0.935. The quantitative estimate of drug-likeness (QED) is 0.902. The molecule has 0 radical (unpaired) electrons. The molecular weight excluding hydrogens is 292 g/mol. The number of carbonyl (C=O) groups excluding carboxylic acids is 1. The van der Waals surface area contributed by atoms with Gasteiger partial charge >= 0.3 is 12.0 Å². The number of likely N-dealkylation sites (tertiary alicyclic amines) is 1. The third-order valence-corrected chi connectivity index (χ3v) is 3.87. The van der Waals surface area contributed by atoms with E-state index in [1.165, 1.54) is 4.90 Å². The van der Waals surface area contributed by atoms with Crippen molar-refractivity contribution in [3.63, 3.8) is 0 Å². The van der Waals surface area contributed by atoms with Crippen LogP contribution in [0.1, 0.15) is 31.2 Å². The summed E-state index contributed by atoms with van der Waals surface area (Å²) >= 11 is 5.89. The lowest BCUT2D eigenvalue weighted by Gasteiger charge is -2.27. The van der Waals surface area contributed by atoms with Crippen LogP contribution in [0.3, 0.4) is 0 Å². The molecule has 2 rings (SSSR count). The number of amides is 2. The van der Waals surface area contributed by atoms with Crippen LogP contribution >= 0.6 is 11.6 Å². The smallest absolute Gasteiger partial charge is 0.326 e. The summed E-state index contributed by atoms with van der Waals surface area (Å²) in [6.07, 6.45) is 3.16. The van der Waals surface area contributed by atoms with Crippen molar-refractivity contribution in [2.75, 3.05) is 6.54 Å². The number of nitrogens with zero attached hydrogens (tertiary/aromatic N) is 1. The Morgan fingerprint density at radius 2 is 2.14 bits per heavy atom. The highest BCUT2D eigenvalue weighted by Crippen LogP contribution is 2.17. The van der Waals surface area contributed by atoms with E-state index in [-0.39, 0.29) is 6.03 Å². The van der Waals surface area contributed by atoms with Gasteiger partial charge in [0.1, 0.15) is 6.04 Å². The molecule has 114 valence electrons. The molecule has 2 N–H and O–H groups in total. The second-order valence-corrected chi connectivity index (χ2v) is 5.62.